The molecule has 0 aliphatic heterocycles. The molecule has 6 nitrogen and oxygen atoms in total. The van der Waals surface area contributed by atoms with E-state index in [2.05, 4.69) is 26.5 Å². The van der Waals surface area contributed by atoms with Crippen LogP contribution in [0.3, 0.4) is 0 Å². The number of esters is 1. The van der Waals surface area contributed by atoms with Crippen molar-refractivity contribution in [1.82, 2.24) is 0 Å². The van der Waals surface area contributed by atoms with Crippen molar-refractivity contribution in [1.29, 1.82) is 0 Å². The summed E-state index contributed by atoms with van der Waals surface area (Å²) in [5, 5.41) is 0. The molecule has 3 N–H and O–H groups in total. The van der Waals surface area contributed by atoms with Gasteiger partial charge in [-0.25, -0.2) is 0 Å². The average Bonchev–Trinajstić information content (AvgIpc) is 2.20. The molecule has 0 aromatic rings. The van der Waals surface area contributed by atoms with Crippen LogP contribution in [0.5, 0.6) is 0 Å². The van der Waals surface area contributed by atoms with E-state index in [-0.39, 0.29) is 11.7 Å². The third-order valence-corrected chi connectivity index (χ3v) is 2.08. The Morgan fingerprint density at radius 3 is 2.11 bits per heavy atom. The maximum atomic E-state index is 10.7. The number of hydrogen-bond acceptors (Lipinski definition) is 4. The molecule has 0 aliphatic carbocycles. The topological polar surface area (TPSA) is 104 Å². The Hall–Kier alpha value is 0.318. The molecule has 0 aromatic heterocycles. The van der Waals surface area contributed by atoms with Crippen LogP contribution in [0.15, 0.2) is 0 Å². The Balaban J connectivity index is 0. The van der Waals surface area contributed by atoms with Crippen molar-refractivity contribution in [3.05, 3.63) is 0 Å². The molecule has 0 aromatic carbocycles. The van der Waals surface area contributed by atoms with Crippen LogP contribution in [-0.4, -0.2) is 48.5 Å². The second-order valence-corrected chi connectivity index (χ2v) is 7.38. The second kappa shape index (κ2) is 12.4. The van der Waals surface area contributed by atoms with Gasteiger partial charge in [-0.15, -0.1) is 0 Å². The van der Waals surface area contributed by atoms with Gasteiger partial charge in [0.15, 0.2) is 0 Å². The van der Waals surface area contributed by atoms with Crippen LogP contribution in [0, 0.1) is 5.92 Å². The van der Waals surface area contributed by atoms with Crippen LogP contribution < -0.4 is 0 Å². The Morgan fingerprint density at radius 2 is 1.72 bits per heavy atom. The SMILES string of the molecule is CC(C)CCCCCOC(=O)CS.[O]=[Sb]([OH])([OH])[OH]. The molecule has 0 saturated carbocycles. The zero-order chi connectivity index (χ0) is 14.6. The number of hydrogen-bond donors (Lipinski definition) is 4. The van der Waals surface area contributed by atoms with Gasteiger partial charge in [-0.1, -0.05) is 33.1 Å². The summed E-state index contributed by atoms with van der Waals surface area (Å²) in [4.78, 5) is 10.7. The molecule has 0 aliphatic rings. The van der Waals surface area contributed by atoms with E-state index in [1.807, 2.05) is 0 Å². The van der Waals surface area contributed by atoms with Crippen molar-refractivity contribution in [2.45, 2.75) is 39.5 Å². The van der Waals surface area contributed by atoms with Crippen molar-refractivity contribution in [2.24, 2.45) is 5.92 Å². The standard InChI is InChI=1S/C10H20O2S.3H2O.O.Sb/c1-9(2)6-4-3-5-7-12-10(11)8-13;;;;;/h9,13H,3-8H2,1-2H3;3*1H2;;/q;;;;;+3/p-3. The summed E-state index contributed by atoms with van der Waals surface area (Å²) in [7, 11) is 0. The van der Waals surface area contributed by atoms with E-state index in [4.69, 9.17) is 17.9 Å². The molecule has 0 fully saturated rings. The second-order valence-electron chi connectivity index (χ2n) is 4.14. The average molecular weight is 393 g/mol. The van der Waals surface area contributed by atoms with Gasteiger partial charge in [-0.2, -0.15) is 12.6 Å². The zero-order valence-corrected chi connectivity index (χ0v) is 14.2. The van der Waals surface area contributed by atoms with E-state index in [1.54, 1.807) is 0 Å². The van der Waals surface area contributed by atoms with E-state index in [0.29, 0.717) is 6.61 Å². The first-order chi connectivity index (χ1) is 8.16. The minimum absolute atomic E-state index is 0.187. The van der Waals surface area contributed by atoms with Crippen LogP contribution >= 0.6 is 12.6 Å². The van der Waals surface area contributed by atoms with E-state index in [0.717, 1.165) is 18.8 Å². The fraction of sp³-hybridized carbons (Fsp3) is 0.900. The van der Waals surface area contributed by atoms with Gasteiger partial charge in [0.1, 0.15) is 0 Å². The van der Waals surface area contributed by atoms with E-state index in [1.165, 1.54) is 12.8 Å². The fourth-order valence-electron chi connectivity index (χ4n) is 1.06. The van der Waals surface area contributed by atoms with Crippen molar-refractivity contribution in [2.75, 3.05) is 12.4 Å². The number of carbonyl (C=O) groups is 1. The van der Waals surface area contributed by atoms with Gasteiger partial charge in [-0.05, 0) is 12.3 Å². The summed E-state index contributed by atoms with van der Waals surface area (Å²) < 4.78 is 35.7. The molecule has 0 unspecified atom stereocenters. The van der Waals surface area contributed by atoms with Gasteiger partial charge in [0.05, 0.1) is 12.4 Å². The molecule has 8 heteroatoms. The molecule has 0 bridgehead atoms. The van der Waals surface area contributed by atoms with Gasteiger partial charge >= 0.3 is 39.2 Å². The summed E-state index contributed by atoms with van der Waals surface area (Å²) in [6.45, 7) is 5.00. The monoisotopic (exact) mass is 392 g/mol. The molecule has 0 radical (unpaired) electrons. The molecular formula is C10H23O6SSb. The first-order valence-corrected chi connectivity index (χ1v) is 10.8. The summed E-state index contributed by atoms with van der Waals surface area (Å²) in [5.74, 6) is 0.749. The molecular weight excluding hydrogens is 370 g/mol. The summed E-state index contributed by atoms with van der Waals surface area (Å²) in [6, 6.07) is 0. The molecule has 0 atom stereocenters. The molecule has 0 amide bonds. The fourth-order valence-corrected chi connectivity index (χ4v) is 1.15. The van der Waals surface area contributed by atoms with E-state index < -0.39 is 20.1 Å². The summed E-state index contributed by atoms with van der Waals surface area (Å²) in [5.41, 5.74) is 0. The Bertz CT molecular complexity index is 244. The normalized spacial score (nSPS) is 10.8. The third kappa shape index (κ3) is 29.9. The first-order valence-electron chi connectivity index (χ1n) is 5.71. The first kappa shape index (κ1) is 20.6. The molecule has 0 spiro atoms. The van der Waals surface area contributed by atoms with Gasteiger partial charge in [0.25, 0.3) is 0 Å². The predicted molar refractivity (Wildman–Crippen MR) is 71.2 cm³/mol. The molecule has 0 rings (SSSR count). The van der Waals surface area contributed by atoms with Crippen LogP contribution in [0.2, 0.25) is 0 Å². The zero-order valence-electron chi connectivity index (χ0n) is 10.8. The van der Waals surface area contributed by atoms with Crippen molar-refractivity contribution in [3.8, 4) is 0 Å². The summed E-state index contributed by atoms with van der Waals surface area (Å²) in [6.07, 6.45) is 4.63. The number of carbonyl (C=O) groups excluding carboxylic acids is 1. The van der Waals surface area contributed by atoms with Crippen molar-refractivity contribution >= 4 is 38.7 Å². The third-order valence-electron chi connectivity index (χ3n) is 1.82. The van der Waals surface area contributed by atoms with Gasteiger partial charge in [0, 0.05) is 0 Å². The molecule has 0 heterocycles. The Morgan fingerprint density at radius 1 is 1.22 bits per heavy atom. The minimum atomic E-state index is -5.35. The van der Waals surface area contributed by atoms with Gasteiger partial charge in [-0.3, -0.25) is 4.79 Å². The maximum absolute atomic E-state index is 10.7. The molecule has 110 valence electrons. The van der Waals surface area contributed by atoms with E-state index >= 15 is 0 Å². The molecule has 0 saturated heterocycles. The van der Waals surface area contributed by atoms with E-state index in [9.17, 15) is 4.79 Å². The number of thiol groups is 1. The van der Waals surface area contributed by atoms with Gasteiger partial charge < -0.3 is 4.74 Å². The predicted octanol–water partition coefficient (Wildman–Crippen LogP) is 0.505. The molecule has 18 heavy (non-hydrogen) atoms. The van der Waals surface area contributed by atoms with Crippen molar-refractivity contribution in [3.63, 3.8) is 0 Å². The van der Waals surface area contributed by atoms with Gasteiger partial charge in [0.2, 0.25) is 0 Å². The quantitative estimate of drug-likeness (QED) is 0.218. The Kier molecular flexibility index (Phi) is 14.2. The van der Waals surface area contributed by atoms with Crippen molar-refractivity contribution < 1.29 is 22.7 Å². The van der Waals surface area contributed by atoms with Crippen LogP contribution in [-0.2, 0) is 12.5 Å². The van der Waals surface area contributed by atoms with Crippen LogP contribution in [0.25, 0.3) is 0 Å². The number of ether oxygens (including phenoxy) is 1. The summed E-state index contributed by atoms with van der Waals surface area (Å²) >= 11 is -1.54. The van der Waals surface area contributed by atoms with Crippen LogP contribution in [0.4, 0.5) is 0 Å². The van der Waals surface area contributed by atoms with Crippen LogP contribution in [0.1, 0.15) is 39.5 Å². The Labute approximate surface area is 119 Å². The number of unbranched alkanes of at least 4 members (excludes halogenated alkanes) is 2. The number of rotatable bonds is 7.